The SMILES string of the molecule is CCc1ccc([C@@H](N)C2CCCCC2)cc1. The molecule has 16 heavy (non-hydrogen) atoms. The van der Waals surface area contributed by atoms with E-state index in [0.29, 0.717) is 5.92 Å². The van der Waals surface area contributed by atoms with E-state index in [0.717, 1.165) is 6.42 Å². The first-order chi connectivity index (χ1) is 7.81. The van der Waals surface area contributed by atoms with E-state index in [-0.39, 0.29) is 6.04 Å². The number of aryl methyl sites for hydroxylation is 1. The molecule has 1 atom stereocenters. The van der Waals surface area contributed by atoms with Gasteiger partial charge in [-0.1, -0.05) is 50.5 Å². The van der Waals surface area contributed by atoms with Crippen LogP contribution in [0.2, 0.25) is 0 Å². The number of benzene rings is 1. The van der Waals surface area contributed by atoms with Crippen molar-refractivity contribution in [3.8, 4) is 0 Å². The lowest BCUT2D eigenvalue weighted by molar-refractivity contribution is 0.308. The molecule has 1 aliphatic rings. The molecule has 2 N–H and O–H groups in total. The first kappa shape index (κ1) is 11.7. The Hall–Kier alpha value is -0.820. The summed E-state index contributed by atoms with van der Waals surface area (Å²) in [7, 11) is 0. The molecule has 1 saturated carbocycles. The summed E-state index contributed by atoms with van der Waals surface area (Å²) in [4.78, 5) is 0. The van der Waals surface area contributed by atoms with Crippen LogP contribution in [-0.2, 0) is 6.42 Å². The second-order valence-corrected chi connectivity index (χ2v) is 5.02. The summed E-state index contributed by atoms with van der Waals surface area (Å²) in [5.74, 6) is 0.709. The molecule has 1 aromatic rings. The highest BCUT2D eigenvalue weighted by Gasteiger charge is 2.21. The first-order valence-corrected chi connectivity index (χ1v) is 6.65. The van der Waals surface area contributed by atoms with Gasteiger partial charge < -0.3 is 5.73 Å². The fraction of sp³-hybridized carbons (Fsp3) is 0.600. The van der Waals surface area contributed by atoms with Crippen molar-refractivity contribution < 1.29 is 0 Å². The molecule has 2 rings (SSSR count). The third-order valence-electron chi connectivity index (χ3n) is 3.93. The minimum atomic E-state index is 0.256. The van der Waals surface area contributed by atoms with Crippen LogP contribution < -0.4 is 5.73 Å². The molecule has 88 valence electrons. The second kappa shape index (κ2) is 5.49. The van der Waals surface area contributed by atoms with Gasteiger partial charge in [-0.2, -0.15) is 0 Å². The fourth-order valence-corrected chi connectivity index (χ4v) is 2.74. The van der Waals surface area contributed by atoms with E-state index in [9.17, 15) is 0 Å². The molecule has 0 radical (unpaired) electrons. The second-order valence-electron chi connectivity index (χ2n) is 5.02. The van der Waals surface area contributed by atoms with E-state index in [2.05, 4.69) is 31.2 Å². The van der Waals surface area contributed by atoms with E-state index in [1.165, 1.54) is 43.2 Å². The Labute approximate surface area is 99.0 Å². The van der Waals surface area contributed by atoms with E-state index < -0.39 is 0 Å². The highest BCUT2D eigenvalue weighted by atomic mass is 14.7. The van der Waals surface area contributed by atoms with Gasteiger partial charge in [-0.15, -0.1) is 0 Å². The average Bonchev–Trinajstić information content (AvgIpc) is 2.39. The van der Waals surface area contributed by atoms with E-state index in [1.54, 1.807) is 0 Å². The third kappa shape index (κ3) is 2.65. The average molecular weight is 217 g/mol. The van der Waals surface area contributed by atoms with Crippen molar-refractivity contribution in [3.63, 3.8) is 0 Å². The van der Waals surface area contributed by atoms with Gasteiger partial charge in [-0.3, -0.25) is 0 Å². The van der Waals surface area contributed by atoms with Crippen molar-refractivity contribution in [2.24, 2.45) is 11.7 Å². The minimum Gasteiger partial charge on any atom is -0.324 e. The van der Waals surface area contributed by atoms with E-state index in [4.69, 9.17) is 5.73 Å². The lowest BCUT2D eigenvalue weighted by Crippen LogP contribution is -2.23. The number of rotatable bonds is 3. The maximum absolute atomic E-state index is 6.36. The van der Waals surface area contributed by atoms with Crippen LogP contribution >= 0.6 is 0 Å². The molecule has 0 heterocycles. The summed E-state index contributed by atoms with van der Waals surface area (Å²) in [5, 5.41) is 0. The molecule has 1 aromatic carbocycles. The smallest absolute Gasteiger partial charge is 0.0323 e. The molecular formula is C15H23N. The van der Waals surface area contributed by atoms with Crippen molar-refractivity contribution in [2.45, 2.75) is 51.5 Å². The van der Waals surface area contributed by atoms with Crippen molar-refractivity contribution in [2.75, 3.05) is 0 Å². The van der Waals surface area contributed by atoms with Gasteiger partial charge in [0.2, 0.25) is 0 Å². The van der Waals surface area contributed by atoms with Gasteiger partial charge in [-0.05, 0) is 36.3 Å². The molecule has 1 aliphatic carbocycles. The lowest BCUT2D eigenvalue weighted by atomic mass is 9.81. The first-order valence-electron chi connectivity index (χ1n) is 6.65. The summed E-state index contributed by atoms with van der Waals surface area (Å²) in [5.41, 5.74) is 9.09. The number of nitrogens with two attached hydrogens (primary N) is 1. The Morgan fingerprint density at radius 3 is 2.31 bits per heavy atom. The van der Waals surface area contributed by atoms with Gasteiger partial charge in [0, 0.05) is 6.04 Å². The number of hydrogen-bond donors (Lipinski definition) is 1. The van der Waals surface area contributed by atoms with Crippen LogP contribution in [0.5, 0.6) is 0 Å². The van der Waals surface area contributed by atoms with Crippen LogP contribution in [0.15, 0.2) is 24.3 Å². The summed E-state index contributed by atoms with van der Waals surface area (Å²) in [6.07, 6.45) is 7.88. The molecule has 0 aromatic heterocycles. The van der Waals surface area contributed by atoms with Crippen LogP contribution in [-0.4, -0.2) is 0 Å². The van der Waals surface area contributed by atoms with Crippen molar-refractivity contribution in [1.29, 1.82) is 0 Å². The molecule has 1 nitrogen and oxygen atoms in total. The Bertz CT molecular complexity index is 309. The van der Waals surface area contributed by atoms with Gasteiger partial charge in [0.15, 0.2) is 0 Å². The third-order valence-corrected chi connectivity index (χ3v) is 3.93. The molecule has 0 amide bonds. The topological polar surface area (TPSA) is 26.0 Å². The molecule has 0 bridgehead atoms. The predicted molar refractivity (Wildman–Crippen MR) is 69.3 cm³/mol. The monoisotopic (exact) mass is 217 g/mol. The Morgan fingerprint density at radius 1 is 1.12 bits per heavy atom. The van der Waals surface area contributed by atoms with Gasteiger partial charge in [0.1, 0.15) is 0 Å². The fourth-order valence-electron chi connectivity index (χ4n) is 2.74. The Balaban J connectivity index is 2.04. The van der Waals surface area contributed by atoms with E-state index in [1.807, 2.05) is 0 Å². The zero-order valence-corrected chi connectivity index (χ0v) is 10.3. The largest absolute Gasteiger partial charge is 0.324 e. The Kier molecular flexibility index (Phi) is 4.00. The highest BCUT2D eigenvalue weighted by Crippen LogP contribution is 2.32. The predicted octanol–water partition coefficient (Wildman–Crippen LogP) is 3.83. The summed E-state index contributed by atoms with van der Waals surface area (Å²) in [6, 6.07) is 9.14. The molecule has 1 fully saturated rings. The van der Waals surface area contributed by atoms with Crippen LogP contribution in [0, 0.1) is 5.92 Å². The summed E-state index contributed by atoms with van der Waals surface area (Å²) < 4.78 is 0. The normalized spacial score (nSPS) is 19.6. The molecule has 1 heteroatoms. The highest BCUT2D eigenvalue weighted by molar-refractivity contribution is 5.25. The van der Waals surface area contributed by atoms with Gasteiger partial charge in [0.05, 0.1) is 0 Å². The lowest BCUT2D eigenvalue weighted by Gasteiger charge is -2.27. The van der Waals surface area contributed by atoms with Crippen LogP contribution in [0.25, 0.3) is 0 Å². The maximum atomic E-state index is 6.36. The summed E-state index contributed by atoms with van der Waals surface area (Å²) in [6.45, 7) is 2.19. The van der Waals surface area contributed by atoms with Crippen LogP contribution in [0.1, 0.15) is 56.2 Å². The summed E-state index contributed by atoms with van der Waals surface area (Å²) >= 11 is 0. The zero-order valence-electron chi connectivity index (χ0n) is 10.3. The maximum Gasteiger partial charge on any atom is 0.0323 e. The quantitative estimate of drug-likeness (QED) is 0.818. The van der Waals surface area contributed by atoms with Crippen molar-refractivity contribution in [1.82, 2.24) is 0 Å². The molecule has 0 saturated heterocycles. The van der Waals surface area contributed by atoms with Crippen LogP contribution in [0.4, 0.5) is 0 Å². The molecule has 0 aliphatic heterocycles. The molecule has 0 spiro atoms. The number of hydrogen-bond acceptors (Lipinski definition) is 1. The van der Waals surface area contributed by atoms with Gasteiger partial charge >= 0.3 is 0 Å². The minimum absolute atomic E-state index is 0.256. The standard InChI is InChI=1S/C15H23N/c1-2-12-8-10-14(11-9-12)15(16)13-6-4-3-5-7-13/h8-11,13,15H,2-7,16H2,1H3/t15-/m0/s1. The zero-order chi connectivity index (χ0) is 11.4. The van der Waals surface area contributed by atoms with Crippen molar-refractivity contribution in [3.05, 3.63) is 35.4 Å². The van der Waals surface area contributed by atoms with E-state index >= 15 is 0 Å². The van der Waals surface area contributed by atoms with Gasteiger partial charge in [-0.25, -0.2) is 0 Å². The van der Waals surface area contributed by atoms with Gasteiger partial charge in [0.25, 0.3) is 0 Å². The molecular weight excluding hydrogens is 194 g/mol. The Morgan fingerprint density at radius 2 is 1.75 bits per heavy atom. The molecule has 0 unspecified atom stereocenters. The van der Waals surface area contributed by atoms with Crippen molar-refractivity contribution >= 4 is 0 Å². The van der Waals surface area contributed by atoms with Crippen LogP contribution in [0.3, 0.4) is 0 Å².